The zero-order valence-corrected chi connectivity index (χ0v) is 15.5. The lowest BCUT2D eigenvalue weighted by Crippen LogP contribution is -2.36. The van der Waals surface area contributed by atoms with Crippen molar-refractivity contribution in [2.75, 3.05) is 36.5 Å². The second-order valence-electron chi connectivity index (χ2n) is 6.68. The molecule has 9 nitrogen and oxygen atoms in total. The Balaban J connectivity index is 1.44. The normalized spacial score (nSPS) is 14.5. The van der Waals surface area contributed by atoms with Crippen molar-refractivity contribution < 1.29 is 4.74 Å². The molecule has 3 aromatic heterocycles. The topological polar surface area (TPSA) is 85.4 Å². The number of nitrogens with zero attached hydrogens (tertiary/aromatic N) is 7. The summed E-state index contributed by atoms with van der Waals surface area (Å²) in [5, 5.41) is 12.2. The van der Waals surface area contributed by atoms with Crippen LogP contribution in [-0.4, -0.2) is 55.7 Å². The number of hydrogen-bond acceptors (Lipinski definition) is 7. The third-order valence-electron chi connectivity index (χ3n) is 4.73. The van der Waals surface area contributed by atoms with Crippen LogP contribution in [0.1, 0.15) is 0 Å². The Hall–Kier alpha value is -3.46. The molecule has 1 aliphatic rings. The van der Waals surface area contributed by atoms with Gasteiger partial charge in [-0.1, -0.05) is 6.07 Å². The lowest BCUT2D eigenvalue weighted by atomic mass is 10.2. The van der Waals surface area contributed by atoms with Crippen LogP contribution in [0.15, 0.2) is 49.1 Å². The van der Waals surface area contributed by atoms with Crippen molar-refractivity contribution in [1.29, 1.82) is 0 Å². The van der Waals surface area contributed by atoms with E-state index >= 15 is 0 Å². The SMILES string of the molecule is Cn1cc(-c2cncc3nc(Nc4cccc(N5CCOCC5)c4)nn23)cn1. The second kappa shape index (κ2) is 6.93. The summed E-state index contributed by atoms with van der Waals surface area (Å²) >= 11 is 0. The molecule has 9 heteroatoms. The molecule has 0 amide bonds. The summed E-state index contributed by atoms with van der Waals surface area (Å²) in [5.41, 5.74) is 4.55. The number of hydrogen-bond donors (Lipinski definition) is 1. The first-order valence-corrected chi connectivity index (χ1v) is 9.16. The van der Waals surface area contributed by atoms with Gasteiger partial charge in [0.1, 0.15) is 0 Å². The minimum absolute atomic E-state index is 0.525. The van der Waals surface area contributed by atoms with Crippen molar-refractivity contribution in [1.82, 2.24) is 29.4 Å². The van der Waals surface area contributed by atoms with Gasteiger partial charge in [0, 0.05) is 43.3 Å². The van der Waals surface area contributed by atoms with Gasteiger partial charge in [0.15, 0.2) is 5.65 Å². The maximum absolute atomic E-state index is 5.44. The van der Waals surface area contributed by atoms with Gasteiger partial charge >= 0.3 is 0 Å². The third kappa shape index (κ3) is 3.16. The molecule has 0 atom stereocenters. The number of ether oxygens (including phenoxy) is 1. The molecule has 0 bridgehead atoms. The molecule has 1 saturated heterocycles. The highest BCUT2D eigenvalue weighted by Gasteiger charge is 2.13. The maximum atomic E-state index is 5.44. The van der Waals surface area contributed by atoms with Crippen LogP contribution in [0.5, 0.6) is 0 Å². The van der Waals surface area contributed by atoms with Crippen LogP contribution >= 0.6 is 0 Å². The summed E-state index contributed by atoms with van der Waals surface area (Å²) in [6, 6.07) is 8.26. The molecular weight excluding hydrogens is 356 g/mol. The first-order chi connectivity index (χ1) is 13.8. The lowest BCUT2D eigenvalue weighted by molar-refractivity contribution is 0.122. The number of aromatic nitrogens is 6. The van der Waals surface area contributed by atoms with Crippen LogP contribution < -0.4 is 10.2 Å². The Morgan fingerprint density at radius 1 is 1.11 bits per heavy atom. The van der Waals surface area contributed by atoms with Gasteiger partial charge in [-0.25, -0.2) is 4.52 Å². The molecule has 0 spiro atoms. The van der Waals surface area contributed by atoms with E-state index in [1.165, 1.54) is 0 Å². The van der Waals surface area contributed by atoms with Gasteiger partial charge in [-0.3, -0.25) is 9.67 Å². The number of anilines is 3. The Morgan fingerprint density at radius 2 is 2.00 bits per heavy atom. The van der Waals surface area contributed by atoms with E-state index in [-0.39, 0.29) is 0 Å². The monoisotopic (exact) mass is 376 g/mol. The largest absolute Gasteiger partial charge is 0.378 e. The summed E-state index contributed by atoms with van der Waals surface area (Å²) in [6.45, 7) is 3.32. The molecule has 1 N–H and O–H groups in total. The molecule has 0 unspecified atom stereocenters. The molecule has 0 radical (unpaired) electrons. The van der Waals surface area contributed by atoms with Gasteiger partial charge < -0.3 is 15.0 Å². The van der Waals surface area contributed by atoms with Gasteiger partial charge in [-0.05, 0) is 18.2 Å². The molecule has 1 fully saturated rings. The zero-order chi connectivity index (χ0) is 18.9. The predicted molar refractivity (Wildman–Crippen MR) is 106 cm³/mol. The molecule has 1 aliphatic heterocycles. The van der Waals surface area contributed by atoms with Crippen molar-refractivity contribution in [3.05, 3.63) is 49.1 Å². The van der Waals surface area contributed by atoms with Crippen molar-refractivity contribution >= 4 is 23.0 Å². The molecule has 5 rings (SSSR count). The number of nitrogens with one attached hydrogen (secondary N) is 1. The third-order valence-corrected chi connectivity index (χ3v) is 4.73. The van der Waals surface area contributed by atoms with Crippen LogP contribution in [0.2, 0.25) is 0 Å². The van der Waals surface area contributed by atoms with Crippen molar-refractivity contribution in [2.45, 2.75) is 0 Å². The van der Waals surface area contributed by atoms with E-state index < -0.39 is 0 Å². The van der Waals surface area contributed by atoms with Gasteiger partial charge in [0.05, 0.1) is 37.5 Å². The number of aryl methyl sites for hydroxylation is 1. The molecular formula is C19H20N8O. The van der Waals surface area contributed by atoms with Crippen LogP contribution in [0.25, 0.3) is 16.9 Å². The first-order valence-electron chi connectivity index (χ1n) is 9.16. The summed E-state index contributed by atoms with van der Waals surface area (Å²) in [5.74, 6) is 0.525. The average molecular weight is 376 g/mol. The fourth-order valence-corrected chi connectivity index (χ4v) is 3.35. The Morgan fingerprint density at radius 3 is 2.82 bits per heavy atom. The highest BCUT2D eigenvalue weighted by atomic mass is 16.5. The number of rotatable bonds is 4. The molecule has 4 aromatic rings. The minimum Gasteiger partial charge on any atom is -0.378 e. The molecule has 0 aliphatic carbocycles. The molecule has 142 valence electrons. The lowest BCUT2D eigenvalue weighted by Gasteiger charge is -2.29. The van der Waals surface area contributed by atoms with E-state index in [0.29, 0.717) is 11.6 Å². The second-order valence-corrected chi connectivity index (χ2v) is 6.68. The quantitative estimate of drug-likeness (QED) is 0.584. The zero-order valence-electron chi connectivity index (χ0n) is 15.5. The standard InChI is InChI=1S/C19H20N8O/c1-25-13-14(10-21-25)17-11-20-12-18-23-19(24-27(17)18)22-15-3-2-4-16(9-15)26-5-7-28-8-6-26/h2-4,9-13H,5-8H2,1H3,(H,22,24). The Labute approximate surface area is 161 Å². The van der Waals surface area contributed by atoms with Crippen molar-refractivity contribution in [2.24, 2.45) is 7.05 Å². The highest BCUT2D eigenvalue weighted by Crippen LogP contribution is 2.24. The first kappa shape index (κ1) is 16.7. The van der Waals surface area contributed by atoms with Crippen LogP contribution in [-0.2, 0) is 11.8 Å². The van der Waals surface area contributed by atoms with Crippen LogP contribution in [0, 0.1) is 0 Å². The van der Waals surface area contributed by atoms with Crippen LogP contribution in [0.3, 0.4) is 0 Å². The van der Waals surface area contributed by atoms with Gasteiger partial charge in [-0.2, -0.15) is 10.1 Å². The number of fused-ring (bicyclic) bond motifs is 1. The van der Waals surface area contributed by atoms with E-state index in [4.69, 9.17) is 4.74 Å². The smallest absolute Gasteiger partial charge is 0.247 e. The predicted octanol–water partition coefficient (Wildman–Crippen LogP) is 2.10. The Kier molecular flexibility index (Phi) is 4.13. The summed E-state index contributed by atoms with van der Waals surface area (Å²) in [6.07, 6.45) is 7.18. The maximum Gasteiger partial charge on any atom is 0.247 e. The van der Waals surface area contributed by atoms with E-state index in [1.807, 2.05) is 25.4 Å². The van der Waals surface area contributed by atoms with Crippen LogP contribution in [0.4, 0.5) is 17.3 Å². The molecule has 4 heterocycles. The van der Waals surface area contributed by atoms with Crippen molar-refractivity contribution in [3.63, 3.8) is 0 Å². The summed E-state index contributed by atoms with van der Waals surface area (Å²) < 4.78 is 8.97. The molecule has 0 saturated carbocycles. The van der Waals surface area contributed by atoms with E-state index in [2.05, 4.69) is 42.5 Å². The van der Waals surface area contributed by atoms with Gasteiger partial charge in [0.25, 0.3) is 0 Å². The molecule has 28 heavy (non-hydrogen) atoms. The Bertz CT molecular complexity index is 1110. The summed E-state index contributed by atoms with van der Waals surface area (Å²) in [4.78, 5) is 11.2. The van der Waals surface area contributed by atoms with Gasteiger partial charge in [-0.15, -0.1) is 5.10 Å². The molecule has 1 aromatic carbocycles. The summed E-state index contributed by atoms with van der Waals surface area (Å²) in [7, 11) is 1.88. The van der Waals surface area contributed by atoms with E-state index in [0.717, 1.165) is 48.9 Å². The average Bonchev–Trinajstić information content (AvgIpc) is 3.34. The minimum atomic E-state index is 0.525. The number of morpholine rings is 1. The number of benzene rings is 1. The van der Waals surface area contributed by atoms with Crippen molar-refractivity contribution in [3.8, 4) is 11.3 Å². The fourth-order valence-electron chi connectivity index (χ4n) is 3.35. The van der Waals surface area contributed by atoms with Gasteiger partial charge in [0.2, 0.25) is 5.95 Å². The van der Waals surface area contributed by atoms with E-state index in [1.54, 1.807) is 27.8 Å². The highest BCUT2D eigenvalue weighted by molar-refractivity contribution is 5.65. The van der Waals surface area contributed by atoms with E-state index in [9.17, 15) is 0 Å². The fraction of sp³-hybridized carbons (Fsp3) is 0.263.